The molecule has 0 amide bonds. The van der Waals surface area contributed by atoms with E-state index in [4.69, 9.17) is 0 Å². The highest BCUT2D eigenvalue weighted by atomic mass is 79.9. The Kier molecular flexibility index (Phi) is 3.96. The van der Waals surface area contributed by atoms with Gasteiger partial charge in [0, 0.05) is 29.4 Å². The molecule has 1 aromatic carbocycles. The molecule has 0 unspecified atom stereocenters. The Labute approximate surface area is 95.6 Å². The van der Waals surface area contributed by atoms with Crippen LogP contribution in [0.4, 0.5) is 5.69 Å². The van der Waals surface area contributed by atoms with Gasteiger partial charge in [-0.3, -0.25) is 14.9 Å². The fraction of sp³-hybridized carbons (Fsp3) is 0.300. The lowest BCUT2D eigenvalue weighted by molar-refractivity contribution is -0.384. The topological polar surface area (TPSA) is 60.2 Å². The minimum Gasteiger partial charge on any atom is -0.294 e. The smallest absolute Gasteiger partial charge is 0.270 e. The minimum atomic E-state index is -0.496. The van der Waals surface area contributed by atoms with Crippen molar-refractivity contribution in [2.24, 2.45) is 0 Å². The molecule has 0 saturated heterocycles. The van der Waals surface area contributed by atoms with Crippen LogP contribution < -0.4 is 0 Å². The summed E-state index contributed by atoms with van der Waals surface area (Å²) in [7, 11) is 0. The molecule has 0 aliphatic carbocycles. The van der Waals surface area contributed by atoms with Gasteiger partial charge in [0.25, 0.3) is 5.69 Å². The van der Waals surface area contributed by atoms with Crippen molar-refractivity contribution in [3.05, 3.63) is 39.4 Å². The van der Waals surface area contributed by atoms with Crippen molar-refractivity contribution in [2.45, 2.75) is 13.3 Å². The van der Waals surface area contributed by atoms with Crippen LogP contribution in [0.15, 0.2) is 18.2 Å². The summed E-state index contributed by atoms with van der Waals surface area (Å²) in [5.41, 5.74) is 1.16. The van der Waals surface area contributed by atoms with E-state index in [-0.39, 0.29) is 11.5 Å². The van der Waals surface area contributed by atoms with Crippen molar-refractivity contribution in [2.75, 3.05) is 5.33 Å². The lowest BCUT2D eigenvalue weighted by atomic mass is 10.0. The van der Waals surface area contributed by atoms with E-state index in [1.807, 2.05) is 0 Å². The fourth-order valence-corrected chi connectivity index (χ4v) is 1.60. The van der Waals surface area contributed by atoms with Gasteiger partial charge in [-0.05, 0) is 12.5 Å². The molecule has 15 heavy (non-hydrogen) atoms. The van der Waals surface area contributed by atoms with Crippen molar-refractivity contribution < 1.29 is 9.72 Å². The summed E-state index contributed by atoms with van der Waals surface area (Å²) in [4.78, 5) is 21.6. The highest BCUT2D eigenvalue weighted by Crippen LogP contribution is 2.18. The zero-order valence-corrected chi connectivity index (χ0v) is 9.78. The zero-order valence-electron chi connectivity index (χ0n) is 8.20. The monoisotopic (exact) mass is 271 g/mol. The molecule has 0 heterocycles. The van der Waals surface area contributed by atoms with Gasteiger partial charge in [0.2, 0.25) is 0 Å². The quantitative estimate of drug-likeness (QED) is 0.366. The molecule has 0 radical (unpaired) electrons. The molecule has 80 valence electrons. The molecule has 0 saturated carbocycles. The number of benzene rings is 1. The van der Waals surface area contributed by atoms with Crippen LogP contribution in [0.1, 0.15) is 22.3 Å². The molecule has 0 bridgehead atoms. The maximum atomic E-state index is 11.6. The standard InChI is InChI=1S/C10H10BrNO3/c1-7-2-3-8(12(14)15)6-9(7)10(13)4-5-11/h2-3,6H,4-5H2,1H3. The van der Waals surface area contributed by atoms with Crippen molar-refractivity contribution >= 4 is 27.4 Å². The molecule has 1 aromatic rings. The lowest BCUT2D eigenvalue weighted by Gasteiger charge is -2.03. The van der Waals surface area contributed by atoms with E-state index in [1.54, 1.807) is 13.0 Å². The predicted octanol–water partition coefficient (Wildman–Crippen LogP) is 2.87. The van der Waals surface area contributed by atoms with Crippen LogP contribution in [0.5, 0.6) is 0 Å². The molecular weight excluding hydrogens is 262 g/mol. The lowest BCUT2D eigenvalue weighted by Crippen LogP contribution is -2.03. The van der Waals surface area contributed by atoms with Gasteiger partial charge in [0.1, 0.15) is 0 Å². The fourth-order valence-electron chi connectivity index (χ4n) is 1.24. The summed E-state index contributed by atoms with van der Waals surface area (Å²) in [5, 5.41) is 11.1. The van der Waals surface area contributed by atoms with Gasteiger partial charge in [-0.15, -0.1) is 0 Å². The third-order valence-electron chi connectivity index (χ3n) is 2.05. The van der Waals surface area contributed by atoms with Crippen LogP contribution in [0.25, 0.3) is 0 Å². The van der Waals surface area contributed by atoms with Crippen molar-refractivity contribution in [3.63, 3.8) is 0 Å². The van der Waals surface area contributed by atoms with Gasteiger partial charge in [0.05, 0.1) is 4.92 Å². The molecule has 0 atom stereocenters. The first-order valence-corrected chi connectivity index (χ1v) is 5.52. The number of nitrogens with zero attached hydrogens (tertiary/aromatic N) is 1. The highest BCUT2D eigenvalue weighted by Gasteiger charge is 2.13. The summed E-state index contributed by atoms with van der Waals surface area (Å²) < 4.78 is 0. The largest absolute Gasteiger partial charge is 0.294 e. The number of Topliss-reactive ketones (excluding diaryl/α,β-unsaturated/α-hetero) is 1. The SMILES string of the molecule is Cc1ccc([N+](=O)[O-])cc1C(=O)CCBr. The Morgan fingerprint density at radius 3 is 2.73 bits per heavy atom. The highest BCUT2D eigenvalue weighted by molar-refractivity contribution is 9.09. The first kappa shape index (κ1) is 11.8. The number of carbonyl (C=O) groups excluding carboxylic acids is 1. The van der Waals surface area contributed by atoms with Crippen LogP contribution in [0.2, 0.25) is 0 Å². The summed E-state index contributed by atoms with van der Waals surface area (Å²) in [6, 6.07) is 4.33. The number of aryl methyl sites for hydroxylation is 1. The van der Waals surface area contributed by atoms with Gasteiger partial charge in [-0.2, -0.15) is 0 Å². The first-order chi connectivity index (χ1) is 7.06. The number of nitro benzene ring substituents is 1. The van der Waals surface area contributed by atoms with E-state index in [1.165, 1.54) is 12.1 Å². The summed E-state index contributed by atoms with van der Waals surface area (Å²) in [6.07, 6.45) is 0.349. The molecule has 4 nitrogen and oxygen atoms in total. The van der Waals surface area contributed by atoms with Crippen LogP contribution in [0, 0.1) is 17.0 Å². The number of alkyl halides is 1. The second kappa shape index (κ2) is 5.02. The normalized spacial score (nSPS) is 10.0. The third kappa shape index (κ3) is 2.86. The van der Waals surface area contributed by atoms with Gasteiger partial charge >= 0.3 is 0 Å². The van der Waals surface area contributed by atoms with Gasteiger partial charge in [-0.1, -0.05) is 22.0 Å². The number of hydrogen-bond acceptors (Lipinski definition) is 3. The number of nitro groups is 1. The molecule has 0 fully saturated rings. The van der Waals surface area contributed by atoms with Crippen LogP contribution >= 0.6 is 15.9 Å². The molecule has 0 spiro atoms. The molecule has 0 N–H and O–H groups in total. The Morgan fingerprint density at radius 1 is 1.53 bits per heavy atom. The van der Waals surface area contributed by atoms with Gasteiger partial charge in [0.15, 0.2) is 5.78 Å². The third-order valence-corrected chi connectivity index (χ3v) is 2.45. The molecule has 1 rings (SSSR count). The Balaban J connectivity index is 3.10. The van der Waals surface area contributed by atoms with E-state index in [0.717, 1.165) is 5.56 Å². The van der Waals surface area contributed by atoms with Crippen LogP contribution in [-0.2, 0) is 0 Å². The van der Waals surface area contributed by atoms with Crippen molar-refractivity contribution in [1.82, 2.24) is 0 Å². The Hall–Kier alpha value is -1.23. The van der Waals surface area contributed by atoms with E-state index in [9.17, 15) is 14.9 Å². The maximum absolute atomic E-state index is 11.6. The molecular formula is C10H10BrNO3. The minimum absolute atomic E-state index is 0.0430. The van der Waals surface area contributed by atoms with E-state index >= 15 is 0 Å². The first-order valence-electron chi connectivity index (χ1n) is 4.40. The molecule has 5 heteroatoms. The average molecular weight is 272 g/mol. The molecule has 0 aliphatic rings. The number of rotatable bonds is 4. The Morgan fingerprint density at radius 2 is 2.20 bits per heavy atom. The number of carbonyl (C=O) groups is 1. The van der Waals surface area contributed by atoms with Crippen molar-refractivity contribution in [3.8, 4) is 0 Å². The second-order valence-electron chi connectivity index (χ2n) is 3.12. The van der Waals surface area contributed by atoms with E-state index in [0.29, 0.717) is 17.3 Å². The summed E-state index contributed by atoms with van der Waals surface area (Å²) >= 11 is 3.16. The number of non-ortho nitro benzene ring substituents is 1. The molecule has 0 aromatic heterocycles. The number of hydrogen-bond donors (Lipinski definition) is 0. The van der Waals surface area contributed by atoms with Gasteiger partial charge < -0.3 is 0 Å². The Bertz CT molecular complexity index is 404. The van der Waals surface area contributed by atoms with Crippen LogP contribution in [-0.4, -0.2) is 16.0 Å². The van der Waals surface area contributed by atoms with Crippen LogP contribution in [0.3, 0.4) is 0 Å². The second-order valence-corrected chi connectivity index (χ2v) is 3.91. The summed E-state index contributed by atoms with van der Waals surface area (Å²) in [6.45, 7) is 1.77. The summed E-state index contributed by atoms with van der Waals surface area (Å²) in [5.74, 6) is -0.0759. The zero-order chi connectivity index (χ0) is 11.4. The number of halogens is 1. The van der Waals surface area contributed by atoms with Crippen molar-refractivity contribution in [1.29, 1.82) is 0 Å². The van der Waals surface area contributed by atoms with Gasteiger partial charge in [-0.25, -0.2) is 0 Å². The van der Waals surface area contributed by atoms with E-state index < -0.39 is 4.92 Å². The van der Waals surface area contributed by atoms with E-state index in [2.05, 4.69) is 15.9 Å². The molecule has 0 aliphatic heterocycles. The maximum Gasteiger partial charge on any atom is 0.270 e. The average Bonchev–Trinajstić information content (AvgIpc) is 2.18. The predicted molar refractivity (Wildman–Crippen MR) is 60.6 cm³/mol. The number of ketones is 1.